The average Bonchev–Trinajstić information content (AvgIpc) is 2.73. The van der Waals surface area contributed by atoms with Gasteiger partial charge in [-0.1, -0.05) is 68.4 Å². The summed E-state index contributed by atoms with van der Waals surface area (Å²) in [4.78, 5) is 32.9. The Morgan fingerprint density at radius 1 is 0.844 bits per heavy atom. The molecule has 0 aromatic heterocycles. The number of hydrogen-bond donors (Lipinski definition) is 5. The Morgan fingerprint density at radius 2 is 1.28 bits per heavy atom. The van der Waals surface area contributed by atoms with Crippen LogP contribution in [0.2, 0.25) is 0 Å². The number of allylic oxidation sites excluding steroid dienone is 8. The summed E-state index contributed by atoms with van der Waals surface area (Å²) in [6.45, 7) is 1.69. The standard InChI is InChI=1S/C23H38O4.H3O4P/c1-2-3-4-5-6-7-8-9-10-11-12-13-14-15-16-17-18-19-23(26)27-21-22(25)20-24;1-5(2,3)4/h6-7,9-10,12-13,15-16,22,24-25H,2-5,8,11,14,17-21H2,1H3;(H3,1,2,3,4)/b7-6-,10-9-,13-12-,16-15-;. The molecule has 0 aromatic carbocycles. The van der Waals surface area contributed by atoms with E-state index in [-0.39, 0.29) is 12.6 Å². The quantitative estimate of drug-likeness (QED) is 0.0913. The van der Waals surface area contributed by atoms with Crippen LogP contribution < -0.4 is 0 Å². The Labute approximate surface area is 192 Å². The molecule has 1 atom stereocenters. The fraction of sp³-hybridized carbons (Fsp3) is 0.609. The van der Waals surface area contributed by atoms with Gasteiger partial charge in [0, 0.05) is 6.42 Å². The van der Waals surface area contributed by atoms with Crippen LogP contribution in [-0.4, -0.2) is 50.2 Å². The molecule has 0 saturated carbocycles. The van der Waals surface area contributed by atoms with E-state index in [2.05, 4.69) is 55.5 Å². The molecule has 0 bridgehead atoms. The minimum absolute atomic E-state index is 0.139. The summed E-state index contributed by atoms with van der Waals surface area (Å²) < 4.78 is 13.7. The van der Waals surface area contributed by atoms with E-state index < -0.39 is 20.5 Å². The number of aliphatic hydroxyl groups excluding tert-OH is 2. The third-order valence-electron chi connectivity index (χ3n) is 3.86. The molecular formula is C23H41O8P. The topological polar surface area (TPSA) is 145 Å². The first-order chi connectivity index (χ1) is 15.2. The van der Waals surface area contributed by atoms with Crippen molar-refractivity contribution in [3.8, 4) is 0 Å². The first-order valence-electron chi connectivity index (χ1n) is 11.0. The first-order valence-corrected chi connectivity index (χ1v) is 12.6. The summed E-state index contributed by atoms with van der Waals surface area (Å²) in [5.74, 6) is -0.335. The largest absolute Gasteiger partial charge is 0.466 e. The normalized spacial score (nSPS) is 13.2. The molecule has 0 rings (SSSR count). The summed E-state index contributed by atoms with van der Waals surface area (Å²) in [6, 6.07) is 0. The molecule has 0 spiro atoms. The third-order valence-corrected chi connectivity index (χ3v) is 3.86. The van der Waals surface area contributed by atoms with Crippen molar-refractivity contribution in [1.29, 1.82) is 0 Å². The predicted molar refractivity (Wildman–Crippen MR) is 127 cm³/mol. The van der Waals surface area contributed by atoms with Crippen molar-refractivity contribution in [2.45, 2.75) is 77.2 Å². The summed E-state index contributed by atoms with van der Waals surface area (Å²) in [5, 5.41) is 17.7. The molecule has 0 aliphatic carbocycles. The Hall–Kier alpha value is -1.54. The zero-order valence-electron chi connectivity index (χ0n) is 19.1. The molecule has 0 aromatic rings. The summed E-state index contributed by atoms with van der Waals surface area (Å²) in [7, 11) is -4.64. The van der Waals surface area contributed by atoms with Gasteiger partial charge in [0.25, 0.3) is 0 Å². The van der Waals surface area contributed by atoms with Crippen molar-refractivity contribution in [3.63, 3.8) is 0 Å². The van der Waals surface area contributed by atoms with Gasteiger partial charge in [-0.3, -0.25) is 4.79 Å². The SMILES string of the molecule is CCCCC/C=C\C/C=C\C/C=C\C/C=C\CCCC(=O)OCC(O)CO.O=P(O)(O)O. The number of phosphoric acid groups is 1. The molecule has 0 radical (unpaired) electrons. The van der Waals surface area contributed by atoms with Gasteiger partial charge in [0.05, 0.1) is 6.61 Å². The van der Waals surface area contributed by atoms with Crippen molar-refractivity contribution in [2.75, 3.05) is 13.2 Å². The number of carbonyl (C=O) groups is 1. The van der Waals surface area contributed by atoms with Gasteiger partial charge in [-0.15, -0.1) is 0 Å². The van der Waals surface area contributed by atoms with E-state index in [9.17, 15) is 4.79 Å². The van der Waals surface area contributed by atoms with E-state index in [1.54, 1.807) is 0 Å². The highest BCUT2D eigenvalue weighted by molar-refractivity contribution is 7.45. The molecule has 0 amide bonds. The van der Waals surface area contributed by atoms with Crippen LogP contribution >= 0.6 is 7.82 Å². The lowest BCUT2D eigenvalue weighted by atomic mass is 10.2. The first kappa shape index (κ1) is 32.6. The molecule has 186 valence electrons. The zero-order chi connectivity index (χ0) is 24.5. The molecule has 8 nitrogen and oxygen atoms in total. The third kappa shape index (κ3) is 35.9. The number of esters is 1. The van der Waals surface area contributed by atoms with E-state index in [4.69, 9.17) is 34.2 Å². The smallest absolute Gasteiger partial charge is 0.463 e. The van der Waals surface area contributed by atoms with E-state index in [0.717, 1.165) is 32.1 Å². The maximum absolute atomic E-state index is 11.4. The molecule has 0 aliphatic heterocycles. The highest BCUT2D eigenvalue weighted by Crippen LogP contribution is 2.25. The van der Waals surface area contributed by atoms with Crippen molar-refractivity contribution in [2.24, 2.45) is 0 Å². The molecule has 0 heterocycles. The van der Waals surface area contributed by atoms with Gasteiger partial charge in [-0.2, -0.15) is 0 Å². The predicted octanol–water partition coefficient (Wildman–Crippen LogP) is 4.10. The Morgan fingerprint density at radius 3 is 1.72 bits per heavy atom. The van der Waals surface area contributed by atoms with Crippen LogP contribution in [0.4, 0.5) is 0 Å². The summed E-state index contributed by atoms with van der Waals surface area (Å²) >= 11 is 0. The lowest BCUT2D eigenvalue weighted by Gasteiger charge is -2.07. The second kappa shape index (κ2) is 24.1. The van der Waals surface area contributed by atoms with Gasteiger partial charge >= 0.3 is 13.8 Å². The minimum Gasteiger partial charge on any atom is -0.463 e. The van der Waals surface area contributed by atoms with Gasteiger partial charge in [0.1, 0.15) is 12.7 Å². The Bertz CT molecular complexity index is 585. The molecule has 5 N–H and O–H groups in total. The van der Waals surface area contributed by atoms with Crippen LogP contribution in [0.5, 0.6) is 0 Å². The molecule has 0 saturated heterocycles. The lowest BCUT2D eigenvalue weighted by molar-refractivity contribution is -0.147. The van der Waals surface area contributed by atoms with Crippen molar-refractivity contribution < 1.29 is 39.0 Å². The fourth-order valence-corrected chi connectivity index (χ4v) is 2.24. The second-order valence-corrected chi connectivity index (χ2v) is 8.04. The van der Waals surface area contributed by atoms with E-state index in [1.165, 1.54) is 25.7 Å². The molecule has 0 aliphatic rings. The maximum atomic E-state index is 11.4. The van der Waals surface area contributed by atoms with Crippen LogP contribution in [0, 0.1) is 0 Å². The van der Waals surface area contributed by atoms with Gasteiger partial charge in [0.2, 0.25) is 0 Å². The molecule has 32 heavy (non-hydrogen) atoms. The van der Waals surface area contributed by atoms with Gasteiger partial charge in [-0.25, -0.2) is 4.57 Å². The maximum Gasteiger partial charge on any atom is 0.466 e. The average molecular weight is 477 g/mol. The van der Waals surface area contributed by atoms with Gasteiger partial charge in [0.15, 0.2) is 0 Å². The van der Waals surface area contributed by atoms with E-state index in [0.29, 0.717) is 6.42 Å². The number of unbranched alkanes of at least 4 members (excludes halogenated alkanes) is 4. The van der Waals surface area contributed by atoms with E-state index >= 15 is 0 Å². The summed E-state index contributed by atoms with van der Waals surface area (Å²) in [5.41, 5.74) is 0. The second-order valence-electron chi connectivity index (χ2n) is 7.01. The highest BCUT2D eigenvalue weighted by Gasteiger charge is 2.06. The van der Waals surface area contributed by atoms with Crippen LogP contribution in [-0.2, 0) is 14.1 Å². The van der Waals surface area contributed by atoms with Gasteiger partial charge in [-0.05, 0) is 44.9 Å². The number of rotatable bonds is 17. The monoisotopic (exact) mass is 476 g/mol. The van der Waals surface area contributed by atoms with Crippen LogP contribution in [0.3, 0.4) is 0 Å². The Kier molecular flexibility index (Phi) is 24.6. The molecule has 0 fully saturated rings. The van der Waals surface area contributed by atoms with Crippen molar-refractivity contribution in [1.82, 2.24) is 0 Å². The fourth-order valence-electron chi connectivity index (χ4n) is 2.24. The van der Waals surface area contributed by atoms with Crippen molar-refractivity contribution in [3.05, 3.63) is 48.6 Å². The number of aliphatic hydroxyl groups is 2. The Balaban J connectivity index is 0. The molecule has 1 unspecified atom stereocenters. The molecule has 9 heteroatoms. The lowest BCUT2D eigenvalue weighted by Crippen LogP contribution is -2.21. The zero-order valence-corrected chi connectivity index (χ0v) is 20.0. The van der Waals surface area contributed by atoms with Crippen molar-refractivity contribution >= 4 is 13.8 Å². The molecular weight excluding hydrogens is 435 g/mol. The summed E-state index contributed by atoms with van der Waals surface area (Å²) in [6.07, 6.45) is 26.3. The van der Waals surface area contributed by atoms with E-state index in [1.807, 2.05) is 0 Å². The van der Waals surface area contributed by atoms with Crippen LogP contribution in [0.25, 0.3) is 0 Å². The van der Waals surface area contributed by atoms with Crippen LogP contribution in [0.15, 0.2) is 48.6 Å². The minimum atomic E-state index is -4.64. The van der Waals surface area contributed by atoms with Crippen LogP contribution in [0.1, 0.15) is 71.1 Å². The highest BCUT2D eigenvalue weighted by atomic mass is 31.2. The number of hydrogen-bond acceptors (Lipinski definition) is 5. The number of carbonyl (C=O) groups excluding carboxylic acids is 1. The number of ether oxygens (including phenoxy) is 1. The van der Waals surface area contributed by atoms with Gasteiger partial charge < -0.3 is 29.6 Å².